The number of Topliss-reactive ketones (excluding diaryl/α,β-unsaturated/α-hetero) is 1. The Kier molecular flexibility index (Phi) is 6.68. The second-order valence-electron chi connectivity index (χ2n) is 8.33. The van der Waals surface area contributed by atoms with Crippen molar-refractivity contribution in [1.29, 1.82) is 0 Å². The van der Waals surface area contributed by atoms with E-state index in [-0.39, 0.29) is 17.3 Å². The fourth-order valence-corrected chi connectivity index (χ4v) is 3.50. The van der Waals surface area contributed by atoms with Gasteiger partial charge in [0, 0.05) is 11.6 Å². The first kappa shape index (κ1) is 22.4. The zero-order valence-corrected chi connectivity index (χ0v) is 18.6. The van der Waals surface area contributed by atoms with Crippen LogP contribution >= 0.6 is 0 Å². The molecule has 1 heterocycles. The molecule has 1 aliphatic rings. The lowest BCUT2D eigenvalue weighted by atomic mass is 9.91. The van der Waals surface area contributed by atoms with Crippen LogP contribution in [-0.2, 0) is 9.59 Å². The number of methoxy groups -OCH3 is 1. The van der Waals surface area contributed by atoms with E-state index in [1.807, 2.05) is 0 Å². The predicted octanol–water partition coefficient (Wildman–Crippen LogP) is 4.86. The molecule has 0 aromatic heterocycles. The van der Waals surface area contributed by atoms with Gasteiger partial charge in [0.1, 0.15) is 11.5 Å². The summed E-state index contributed by atoms with van der Waals surface area (Å²) in [6, 6.07) is 13.5. The van der Waals surface area contributed by atoms with Crippen molar-refractivity contribution in [2.75, 3.05) is 18.6 Å². The average molecular weight is 424 g/mol. The van der Waals surface area contributed by atoms with Crippen molar-refractivity contribution in [3.8, 4) is 11.5 Å². The van der Waals surface area contributed by atoms with Gasteiger partial charge in [-0.25, -0.2) is 0 Å². The molecule has 6 heteroatoms. The summed E-state index contributed by atoms with van der Waals surface area (Å²) in [6.07, 6.45) is 0. The van der Waals surface area contributed by atoms with Crippen molar-refractivity contribution in [3.05, 3.63) is 65.4 Å². The second kappa shape index (κ2) is 9.25. The third-order valence-electron chi connectivity index (χ3n) is 5.13. The molecule has 0 spiro atoms. The van der Waals surface area contributed by atoms with Crippen LogP contribution in [0.3, 0.4) is 0 Å². The molecule has 0 bridgehead atoms. The smallest absolute Gasteiger partial charge is 0.294 e. The van der Waals surface area contributed by atoms with Crippen LogP contribution in [0.15, 0.2) is 59.9 Å². The van der Waals surface area contributed by atoms with Crippen molar-refractivity contribution in [2.45, 2.75) is 33.7 Å². The number of aliphatic hydroxyl groups is 1. The van der Waals surface area contributed by atoms with Crippen LogP contribution in [0.4, 0.5) is 5.69 Å². The van der Waals surface area contributed by atoms with E-state index in [0.717, 1.165) is 0 Å². The minimum atomic E-state index is -0.726. The van der Waals surface area contributed by atoms with Crippen LogP contribution in [0.5, 0.6) is 11.5 Å². The van der Waals surface area contributed by atoms with Crippen LogP contribution < -0.4 is 14.4 Å². The summed E-state index contributed by atoms with van der Waals surface area (Å²) in [5.74, 6) is 0.0332. The molecule has 2 aromatic carbocycles. The number of amides is 1. The fourth-order valence-electron chi connectivity index (χ4n) is 3.50. The highest BCUT2D eigenvalue weighted by molar-refractivity contribution is 6.16. The van der Waals surface area contributed by atoms with Gasteiger partial charge >= 0.3 is 0 Å². The number of anilines is 1. The van der Waals surface area contributed by atoms with E-state index in [0.29, 0.717) is 35.3 Å². The summed E-state index contributed by atoms with van der Waals surface area (Å²) in [6.45, 7) is 8.23. The molecular formula is C25H29NO5. The summed E-state index contributed by atoms with van der Waals surface area (Å²) >= 11 is 0. The molecule has 3 rings (SSSR count). The summed E-state index contributed by atoms with van der Waals surface area (Å²) in [7, 11) is 1.57. The summed E-state index contributed by atoms with van der Waals surface area (Å²) in [5.41, 5.74) is 1.40. The summed E-state index contributed by atoms with van der Waals surface area (Å²) < 4.78 is 11.0. The maximum atomic E-state index is 13.1. The maximum Gasteiger partial charge on any atom is 0.294 e. The molecule has 1 N–H and O–H groups in total. The van der Waals surface area contributed by atoms with Crippen molar-refractivity contribution >= 4 is 17.4 Å². The van der Waals surface area contributed by atoms with Crippen LogP contribution in [-0.4, -0.2) is 30.5 Å². The molecule has 1 amide bonds. The third kappa shape index (κ3) is 4.58. The fraction of sp³-hybridized carbons (Fsp3) is 0.360. The Bertz CT molecular complexity index is 974. The third-order valence-corrected chi connectivity index (χ3v) is 5.13. The average Bonchev–Trinajstić information content (AvgIpc) is 3.02. The number of hydrogen-bond donors (Lipinski definition) is 1. The first-order valence-electron chi connectivity index (χ1n) is 10.4. The predicted molar refractivity (Wildman–Crippen MR) is 119 cm³/mol. The van der Waals surface area contributed by atoms with Crippen molar-refractivity contribution in [1.82, 2.24) is 0 Å². The van der Waals surface area contributed by atoms with E-state index >= 15 is 0 Å². The normalized spacial score (nSPS) is 16.4. The van der Waals surface area contributed by atoms with E-state index in [9.17, 15) is 14.7 Å². The molecule has 0 saturated carbocycles. The second-order valence-corrected chi connectivity index (χ2v) is 8.33. The maximum absolute atomic E-state index is 13.1. The molecule has 1 unspecified atom stereocenters. The Hall–Kier alpha value is -3.28. The summed E-state index contributed by atoms with van der Waals surface area (Å²) in [4.78, 5) is 27.5. The number of carbonyl (C=O) groups excluding carboxylic acids is 2. The lowest BCUT2D eigenvalue weighted by molar-refractivity contribution is -0.119. The van der Waals surface area contributed by atoms with Crippen molar-refractivity contribution in [2.24, 2.45) is 11.8 Å². The zero-order valence-electron chi connectivity index (χ0n) is 18.6. The van der Waals surface area contributed by atoms with E-state index in [4.69, 9.17) is 9.47 Å². The number of nitrogens with zero attached hydrogens (tertiary/aromatic N) is 1. The molecule has 6 nitrogen and oxygen atoms in total. The lowest BCUT2D eigenvalue weighted by Crippen LogP contribution is -2.31. The van der Waals surface area contributed by atoms with E-state index < -0.39 is 17.7 Å². The quantitative estimate of drug-likeness (QED) is 0.657. The van der Waals surface area contributed by atoms with E-state index in [1.165, 1.54) is 4.90 Å². The Balaban J connectivity index is 2.03. The molecule has 164 valence electrons. The lowest BCUT2D eigenvalue weighted by Gasteiger charge is -2.27. The molecule has 0 radical (unpaired) electrons. The zero-order chi connectivity index (χ0) is 22.7. The van der Waals surface area contributed by atoms with Crippen molar-refractivity contribution < 1.29 is 24.2 Å². The number of hydrogen-bond acceptors (Lipinski definition) is 5. The van der Waals surface area contributed by atoms with Crippen LogP contribution in [0.2, 0.25) is 0 Å². The molecule has 2 aromatic rings. The highest BCUT2D eigenvalue weighted by Crippen LogP contribution is 2.42. The van der Waals surface area contributed by atoms with Gasteiger partial charge in [-0.15, -0.1) is 0 Å². The van der Waals surface area contributed by atoms with Gasteiger partial charge in [0.15, 0.2) is 11.5 Å². The number of rotatable bonds is 8. The van der Waals surface area contributed by atoms with E-state index in [1.54, 1.807) is 69.5 Å². The van der Waals surface area contributed by atoms with Gasteiger partial charge in [0.2, 0.25) is 0 Å². The Morgan fingerprint density at radius 2 is 1.58 bits per heavy atom. The van der Waals surface area contributed by atoms with Gasteiger partial charge in [-0.3, -0.25) is 14.5 Å². The van der Waals surface area contributed by atoms with Gasteiger partial charge in [0.25, 0.3) is 5.91 Å². The minimum Gasteiger partial charge on any atom is -0.503 e. The number of ketones is 1. The van der Waals surface area contributed by atoms with Gasteiger partial charge in [-0.2, -0.15) is 0 Å². The largest absolute Gasteiger partial charge is 0.503 e. The van der Waals surface area contributed by atoms with Crippen LogP contribution in [0, 0.1) is 11.8 Å². The first-order valence-corrected chi connectivity index (χ1v) is 10.4. The highest BCUT2D eigenvalue weighted by atomic mass is 16.5. The van der Waals surface area contributed by atoms with Gasteiger partial charge in [0.05, 0.1) is 25.3 Å². The SMILES string of the molecule is COc1ccc(C2C(C(=O)C(C)C)=C(O)C(=O)N2c2ccc(OCC(C)C)cc2)cc1. The summed E-state index contributed by atoms with van der Waals surface area (Å²) in [5, 5.41) is 10.7. The Labute approximate surface area is 183 Å². The molecule has 0 aliphatic carbocycles. The molecule has 1 aliphatic heterocycles. The van der Waals surface area contributed by atoms with Crippen LogP contribution in [0.25, 0.3) is 0 Å². The number of ether oxygens (including phenoxy) is 2. The molecular weight excluding hydrogens is 394 g/mol. The van der Waals surface area contributed by atoms with Gasteiger partial charge < -0.3 is 14.6 Å². The molecule has 0 saturated heterocycles. The Morgan fingerprint density at radius 1 is 1.00 bits per heavy atom. The van der Waals surface area contributed by atoms with Crippen molar-refractivity contribution in [3.63, 3.8) is 0 Å². The topological polar surface area (TPSA) is 76.1 Å². The number of carbonyl (C=O) groups is 2. The van der Waals surface area contributed by atoms with Crippen LogP contribution in [0.1, 0.15) is 39.3 Å². The van der Waals surface area contributed by atoms with E-state index in [2.05, 4.69) is 13.8 Å². The molecule has 31 heavy (non-hydrogen) atoms. The minimum absolute atomic E-state index is 0.116. The number of aliphatic hydroxyl groups excluding tert-OH is 1. The molecule has 1 atom stereocenters. The highest BCUT2D eigenvalue weighted by Gasteiger charge is 2.44. The Morgan fingerprint density at radius 3 is 2.10 bits per heavy atom. The van der Waals surface area contributed by atoms with Gasteiger partial charge in [-0.05, 0) is 47.9 Å². The monoisotopic (exact) mass is 423 g/mol. The first-order chi connectivity index (χ1) is 14.7. The number of benzene rings is 2. The molecule has 0 fully saturated rings. The van der Waals surface area contributed by atoms with Gasteiger partial charge in [-0.1, -0.05) is 39.8 Å². The standard InChI is InChI=1S/C25H29NO5/c1-15(2)14-31-20-12-8-18(9-13-20)26-22(17-6-10-19(30-5)11-7-17)21(23(27)16(3)4)24(28)25(26)29/h6-13,15-16,22,28H,14H2,1-5H3.